The topological polar surface area (TPSA) is 90.3 Å². The van der Waals surface area contributed by atoms with Crippen LogP contribution in [0.25, 0.3) is 0 Å². The second-order valence-electron chi connectivity index (χ2n) is 11.5. The highest BCUT2D eigenvalue weighted by Crippen LogP contribution is 2.29. The first-order valence-corrected chi connectivity index (χ1v) is 14.2. The normalized spacial score (nSPS) is 16.1. The Bertz CT molecular complexity index is 1400. The molecule has 0 saturated carbocycles. The lowest BCUT2D eigenvalue weighted by Crippen LogP contribution is -2.50. The Balaban J connectivity index is 1.40. The van der Waals surface area contributed by atoms with Crippen LogP contribution in [0.3, 0.4) is 0 Å². The molecule has 9 heteroatoms. The summed E-state index contributed by atoms with van der Waals surface area (Å²) in [5.41, 5.74) is 6.05. The van der Waals surface area contributed by atoms with E-state index in [2.05, 4.69) is 29.3 Å². The number of carbonyl (C=O) groups excluding carboxylic acids is 1. The number of halogens is 1. The maximum absolute atomic E-state index is 12.4. The molecule has 0 aliphatic carbocycles. The highest BCUT2D eigenvalue weighted by atomic mass is 35.5. The van der Waals surface area contributed by atoms with E-state index < -0.39 is 5.60 Å². The lowest BCUT2D eigenvalue weighted by atomic mass is 9.94. The van der Waals surface area contributed by atoms with E-state index in [1.807, 2.05) is 58.2 Å². The Hall–Kier alpha value is -3.78. The number of hydrogen-bond acceptors (Lipinski definition) is 7. The van der Waals surface area contributed by atoms with Crippen LogP contribution in [-0.2, 0) is 11.2 Å². The van der Waals surface area contributed by atoms with Gasteiger partial charge in [0.25, 0.3) is 0 Å². The van der Waals surface area contributed by atoms with Crippen LogP contribution in [0.5, 0.6) is 5.75 Å². The Labute approximate surface area is 248 Å². The fourth-order valence-corrected chi connectivity index (χ4v) is 5.03. The summed E-state index contributed by atoms with van der Waals surface area (Å²) in [6.45, 7) is 12.4. The zero-order valence-corrected chi connectivity index (χ0v) is 25.6. The van der Waals surface area contributed by atoms with E-state index in [1.165, 1.54) is 0 Å². The molecule has 2 aromatic carbocycles. The Morgan fingerprint density at radius 3 is 2.51 bits per heavy atom. The molecule has 218 valence electrons. The van der Waals surface area contributed by atoms with E-state index in [9.17, 15) is 4.79 Å². The van der Waals surface area contributed by atoms with Crippen molar-refractivity contribution in [2.75, 3.05) is 43.5 Å². The van der Waals surface area contributed by atoms with Crippen molar-refractivity contribution in [3.63, 3.8) is 0 Å². The van der Waals surface area contributed by atoms with Gasteiger partial charge in [-0.25, -0.2) is 9.79 Å². The van der Waals surface area contributed by atoms with Gasteiger partial charge in [-0.2, -0.15) is 0 Å². The summed E-state index contributed by atoms with van der Waals surface area (Å²) in [6.07, 6.45) is 2.69. The van der Waals surface area contributed by atoms with Crippen LogP contribution in [0.4, 0.5) is 16.2 Å². The van der Waals surface area contributed by atoms with E-state index in [0.717, 1.165) is 52.6 Å². The minimum Gasteiger partial charge on any atom is -0.495 e. The van der Waals surface area contributed by atoms with Crippen LogP contribution >= 0.6 is 11.6 Å². The summed E-state index contributed by atoms with van der Waals surface area (Å²) < 4.78 is 10.9. The average Bonchev–Trinajstić information content (AvgIpc) is 3.07. The summed E-state index contributed by atoms with van der Waals surface area (Å²) in [5, 5.41) is 12.9. The van der Waals surface area contributed by atoms with Crippen molar-refractivity contribution in [3.05, 3.63) is 75.6 Å². The first-order valence-electron chi connectivity index (χ1n) is 13.9. The molecule has 0 atom stereocenters. The third-order valence-electron chi connectivity index (χ3n) is 7.08. The molecule has 41 heavy (non-hydrogen) atoms. The second kappa shape index (κ2) is 12.8. The monoisotopic (exact) mass is 577 g/mol. The number of nitrogens with one attached hydrogen (secondary N) is 2. The molecule has 8 nitrogen and oxygen atoms in total. The number of carbonyl (C=O) groups is 1. The smallest absolute Gasteiger partial charge is 0.410 e. The summed E-state index contributed by atoms with van der Waals surface area (Å²) >= 11 is 6.18. The lowest BCUT2D eigenvalue weighted by molar-refractivity contribution is 0.0240. The maximum atomic E-state index is 12.4. The van der Waals surface area contributed by atoms with Gasteiger partial charge in [-0.1, -0.05) is 23.7 Å². The van der Waals surface area contributed by atoms with Gasteiger partial charge in [0.2, 0.25) is 0 Å². The van der Waals surface area contributed by atoms with Gasteiger partial charge in [-0.3, -0.25) is 0 Å². The Morgan fingerprint density at radius 2 is 1.83 bits per heavy atom. The summed E-state index contributed by atoms with van der Waals surface area (Å²) in [7, 11) is 1.59. The van der Waals surface area contributed by atoms with Crippen molar-refractivity contribution in [3.8, 4) is 5.75 Å². The van der Waals surface area contributed by atoms with Crippen molar-refractivity contribution < 1.29 is 14.3 Å². The molecular weight excluding hydrogens is 538 g/mol. The lowest BCUT2D eigenvalue weighted by Gasteiger charge is -2.36. The maximum Gasteiger partial charge on any atom is 0.410 e. The summed E-state index contributed by atoms with van der Waals surface area (Å²) in [5.74, 6) is 1.40. The van der Waals surface area contributed by atoms with Gasteiger partial charge in [0, 0.05) is 55.9 Å². The number of piperazine rings is 1. The zero-order chi connectivity index (χ0) is 29.7. The van der Waals surface area contributed by atoms with E-state index in [0.29, 0.717) is 42.4 Å². The molecular formula is C32H40ClN5O3. The van der Waals surface area contributed by atoms with Gasteiger partial charge in [0.05, 0.1) is 12.1 Å². The van der Waals surface area contributed by atoms with Crippen LogP contribution in [-0.4, -0.2) is 61.8 Å². The van der Waals surface area contributed by atoms with Crippen LogP contribution in [0.1, 0.15) is 46.6 Å². The van der Waals surface area contributed by atoms with Crippen molar-refractivity contribution in [2.45, 2.75) is 53.1 Å². The quantitative estimate of drug-likeness (QED) is 0.342. The van der Waals surface area contributed by atoms with Crippen LogP contribution in [0.15, 0.2) is 70.0 Å². The molecule has 0 bridgehead atoms. The zero-order valence-electron chi connectivity index (χ0n) is 24.8. The molecule has 1 saturated heterocycles. The fourth-order valence-electron chi connectivity index (χ4n) is 4.84. The number of aliphatic imine (C=N–C) groups is 1. The molecule has 0 unspecified atom stereocenters. The van der Waals surface area contributed by atoms with Gasteiger partial charge >= 0.3 is 6.09 Å². The van der Waals surface area contributed by atoms with Gasteiger partial charge in [0.15, 0.2) is 0 Å². The van der Waals surface area contributed by atoms with Gasteiger partial charge in [0.1, 0.15) is 17.2 Å². The van der Waals surface area contributed by atoms with Crippen LogP contribution < -0.4 is 15.0 Å². The number of hydrogen-bond donors (Lipinski definition) is 2. The van der Waals surface area contributed by atoms with E-state index >= 15 is 0 Å². The highest BCUT2D eigenvalue weighted by Gasteiger charge is 2.26. The predicted octanol–water partition coefficient (Wildman–Crippen LogP) is 7.10. The molecule has 0 radical (unpaired) electrons. The van der Waals surface area contributed by atoms with E-state index in [4.69, 9.17) is 31.5 Å². The number of anilines is 2. The number of ether oxygens (including phenoxy) is 2. The Morgan fingerprint density at radius 1 is 1.10 bits per heavy atom. The van der Waals surface area contributed by atoms with Crippen molar-refractivity contribution in [2.24, 2.45) is 4.99 Å². The third kappa shape index (κ3) is 7.91. The van der Waals surface area contributed by atoms with Crippen LogP contribution in [0.2, 0.25) is 5.02 Å². The molecule has 1 amide bonds. The molecule has 2 heterocycles. The average molecular weight is 578 g/mol. The number of rotatable bonds is 7. The second-order valence-corrected chi connectivity index (χ2v) is 11.9. The molecule has 0 spiro atoms. The van der Waals surface area contributed by atoms with E-state index in [-0.39, 0.29) is 6.09 Å². The fraction of sp³-hybridized carbons (Fsp3) is 0.406. The van der Waals surface area contributed by atoms with Gasteiger partial charge < -0.3 is 30.0 Å². The number of allylic oxidation sites excluding steroid dienone is 3. The largest absolute Gasteiger partial charge is 0.495 e. The predicted molar refractivity (Wildman–Crippen MR) is 168 cm³/mol. The minimum atomic E-state index is -0.499. The van der Waals surface area contributed by atoms with Gasteiger partial charge in [-0.15, -0.1) is 0 Å². The number of nitrogens with zero attached hydrogens (tertiary/aromatic N) is 3. The minimum absolute atomic E-state index is 0.259. The third-order valence-corrected chi connectivity index (χ3v) is 7.39. The first kappa shape index (κ1) is 30.2. The summed E-state index contributed by atoms with van der Waals surface area (Å²) in [6, 6.07) is 13.9. The van der Waals surface area contributed by atoms with Crippen molar-refractivity contribution in [1.29, 1.82) is 5.41 Å². The molecule has 4 rings (SSSR count). The van der Waals surface area contributed by atoms with Gasteiger partial charge in [-0.05, 0) is 93.7 Å². The highest BCUT2D eigenvalue weighted by molar-refractivity contribution is 6.32. The molecule has 2 N–H and O–H groups in total. The molecule has 2 aromatic rings. The molecule has 2 aliphatic rings. The number of amides is 1. The number of benzene rings is 2. The molecule has 0 aromatic heterocycles. The SMILES string of the molecule is COc1cc(CC(=N)C2=C(C)C=NC(Nc3cccc(N4CCN(C(=O)OC(C)(C)C)CC4)c3)=C(C)C2)ccc1Cl. The number of methoxy groups -OCH3 is 1. The molecule has 2 aliphatic heterocycles. The van der Waals surface area contributed by atoms with Crippen molar-refractivity contribution >= 4 is 41.0 Å². The Kier molecular flexibility index (Phi) is 9.43. The summed E-state index contributed by atoms with van der Waals surface area (Å²) in [4.78, 5) is 21.2. The van der Waals surface area contributed by atoms with Crippen LogP contribution in [0, 0.1) is 5.41 Å². The standard InChI is InChI=1S/C32H40ClN5O3/c1-21-16-26(28(34)17-23-10-11-27(33)29(18-23)40-6)22(2)20-35-30(21)36-24-8-7-9-25(19-24)37-12-14-38(15-13-37)31(39)41-32(3,4)5/h7-11,18-20,34,36H,12-17H2,1-6H3. The van der Waals surface area contributed by atoms with Crippen molar-refractivity contribution in [1.82, 2.24) is 4.90 Å². The first-order chi connectivity index (χ1) is 19.4. The molecule has 1 fully saturated rings. The van der Waals surface area contributed by atoms with E-state index in [1.54, 1.807) is 18.1 Å².